The van der Waals surface area contributed by atoms with Gasteiger partial charge in [0.15, 0.2) is 0 Å². The lowest BCUT2D eigenvalue weighted by Gasteiger charge is -2.15. The molecule has 3 aromatic rings. The number of rotatable bonds is 7. The van der Waals surface area contributed by atoms with E-state index in [-0.39, 0.29) is 5.56 Å². The fourth-order valence-corrected chi connectivity index (χ4v) is 3.56. The van der Waals surface area contributed by atoms with E-state index in [1.165, 1.54) is 22.0 Å². The summed E-state index contributed by atoms with van der Waals surface area (Å²) in [5.74, 6) is 0.264. The molecular formula is C18H21N5O3S. The lowest BCUT2D eigenvalue weighted by atomic mass is 10.2. The van der Waals surface area contributed by atoms with Gasteiger partial charge in [-0.25, -0.2) is 4.98 Å². The Kier molecular flexibility index (Phi) is 5.70. The maximum absolute atomic E-state index is 12.6. The number of hydrogen-bond donors (Lipinski definition) is 1. The highest BCUT2D eigenvalue weighted by Crippen LogP contribution is 2.20. The number of carbonyl (C=O) groups excluding carboxylic acids is 1. The van der Waals surface area contributed by atoms with Gasteiger partial charge in [0.2, 0.25) is 10.1 Å². The number of benzene rings is 1. The Balaban J connectivity index is 1.79. The van der Waals surface area contributed by atoms with E-state index in [2.05, 4.69) is 15.4 Å². The molecule has 0 atom stereocenters. The molecule has 9 heteroatoms. The van der Waals surface area contributed by atoms with Crippen molar-refractivity contribution >= 4 is 27.3 Å². The maximum atomic E-state index is 12.6. The van der Waals surface area contributed by atoms with Crippen LogP contribution in [0.2, 0.25) is 0 Å². The molecule has 2 heterocycles. The van der Waals surface area contributed by atoms with Crippen molar-refractivity contribution in [2.75, 3.05) is 25.1 Å². The minimum atomic E-state index is -0.477. The van der Waals surface area contributed by atoms with Crippen LogP contribution in [0.4, 0.5) is 5.13 Å². The van der Waals surface area contributed by atoms with Gasteiger partial charge in [-0.15, -0.1) is 5.10 Å². The molecular weight excluding hydrogens is 366 g/mol. The Morgan fingerprint density at radius 1 is 1.26 bits per heavy atom. The van der Waals surface area contributed by atoms with Gasteiger partial charge < -0.3 is 15.0 Å². The molecule has 3 rings (SSSR count). The highest BCUT2D eigenvalue weighted by atomic mass is 32.1. The lowest BCUT2D eigenvalue weighted by Crippen LogP contribution is -2.31. The third kappa shape index (κ3) is 3.92. The molecule has 1 amide bonds. The molecule has 2 aromatic heterocycles. The molecule has 0 saturated heterocycles. The van der Waals surface area contributed by atoms with E-state index in [0.717, 1.165) is 24.4 Å². The van der Waals surface area contributed by atoms with Gasteiger partial charge in [0.1, 0.15) is 11.3 Å². The number of nitrogens with one attached hydrogen (secondary N) is 1. The summed E-state index contributed by atoms with van der Waals surface area (Å²) >= 11 is 1.33. The molecule has 0 aliphatic carbocycles. The summed E-state index contributed by atoms with van der Waals surface area (Å²) in [6.45, 7) is 5.89. The van der Waals surface area contributed by atoms with Crippen molar-refractivity contribution < 1.29 is 9.53 Å². The summed E-state index contributed by atoms with van der Waals surface area (Å²) < 4.78 is 6.30. The molecule has 8 nitrogen and oxygen atoms in total. The summed E-state index contributed by atoms with van der Waals surface area (Å²) in [6.07, 6.45) is 1.31. The number of carbonyl (C=O) groups is 1. The van der Waals surface area contributed by atoms with Gasteiger partial charge >= 0.3 is 0 Å². The van der Waals surface area contributed by atoms with E-state index >= 15 is 0 Å². The topological polar surface area (TPSA) is 88.8 Å². The second-order valence-corrected chi connectivity index (χ2v) is 6.69. The summed E-state index contributed by atoms with van der Waals surface area (Å²) in [6, 6.07) is 7.33. The predicted octanol–water partition coefficient (Wildman–Crippen LogP) is 1.94. The summed E-state index contributed by atoms with van der Waals surface area (Å²) in [4.78, 5) is 31.8. The van der Waals surface area contributed by atoms with Crippen LogP contribution in [0.5, 0.6) is 5.75 Å². The molecule has 27 heavy (non-hydrogen) atoms. The van der Waals surface area contributed by atoms with Crippen LogP contribution < -0.4 is 20.5 Å². The van der Waals surface area contributed by atoms with Crippen LogP contribution in [0.1, 0.15) is 29.8 Å². The van der Waals surface area contributed by atoms with Crippen molar-refractivity contribution in [1.29, 1.82) is 0 Å². The first-order valence-electron chi connectivity index (χ1n) is 8.62. The monoisotopic (exact) mass is 387 g/mol. The van der Waals surface area contributed by atoms with Gasteiger partial charge in [-0.1, -0.05) is 23.5 Å². The zero-order chi connectivity index (χ0) is 19.4. The normalized spacial score (nSPS) is 10.8. The first-order valence-corrected chi connectivity index (χ1v) is 9.44. The Morgan fingerprint density at radius 2 is 1.96 bits per heavy atom. The van der Waals surface area contributed by atoms with Gasteiger partial charge in [-0.05, 0) is 31.5 Å². The second-order valence-electron chi connectivity index (χ2n) is 5.76. The van der Waals surface area contributed by atoms with Crippen LogP contribution in [0.25, 0.3) is 4.96 Å². The zero-order valence-electron chi connectivity index (χ0n) is 15.4. The number of ether oxygens (including phenoxy) is 1. The van der Waals surface area contributed by atoms with Crippen molar-refractivity contribution in [2.45, 2.75) is 20.4 Å². The SMILES string of the molecule is CCN(CC)c1nn2c(=O)c(C(=O)NCc3ccc(OC)cc3)cnc2s1. The highest BCUT2D eigenvalue weighted by molar-refractivity contribution is 7.20. The largest absolute Gasteiger partial charge is 0.497 e. The van der Waals surface area contributed by atoms with Crippen LogP contribution >= 0.6 is 11.3 Å². The molecule has 0 unspecified atom stereocenters. The van der Waals surface area contributed by atoms with Crippen LogP contribution in [0, 0.1) is 0 Å². The van der Waals surface area contributed by atoms with Gasteiger partial charge in [0, 0.05) is 25.8 Å². The smallest absolute Gasteiger partial charge is 0.288 e. The molecule has 142 valence electrons. The third-order valence-corrected chi connectivity index (χ3v) is 5.15. The van der Waals surface area contributed by atoms with Gasteiger partial charge in [-0.2, -0.15) is 4.52 Å². The van der Waals surface area contributed by atoms with Gasteiger partial charge in [-0.3, -0.25) is 9.59 Å². The van der Waals surface area contributed by atoms with Gasteiger partial charge in [0.05, 0.1) is 7.11 Å². The molecule has 0 bridgehead atoms. The van der Waals surface area contributed by atoms with Crippen molar-refractivity contribution in [3.8, 4) is 5.75 Å². The average Bonchev–Trinajstić information content (AvgIpc) is 3.13. The van der Waals surface area contributed by atoms with Crippen molar-refractivity contribution in [3.63, 3.8) is 0 Å². The van der Waals surface area contributed by atoms with Crippen molar-refractivity contribution in [1.82, 2.24) is 19.9 Å². The molecule has 0 aliphatic rings. The van der Waals surface area contributed by atoms with Crippen LogP contribution in [-0.4, -0.2) is 40.7 Å². The molecule has 0 saturated carbocycles. The Morgan fingerprint density at radius 3 is 2.59 bits per heavy atom. The fourth-order valence-electron chi connectivity index (χ4n) is 2.57. The Bertz CT molecular complexity index is 992. The number of fused-ring (bicyclic) bond motifs is 1. The lowest BCUT2D eigenvalue weighted by molar-refractivity contribution is 0.0948. The number of aromatic nitrogens is 3. The van der Waals surface area contributed by atoms with Gasteiger partial charge in [0.25, 0.3) is 11.5 Å². The number of amides is 1. The first kappa shape index (κ1) is 18.8. The molecule has 0 aliphatic heterocycles. The summed E-state index contributed by atoms with van der Waals surface area (Å²) in [7, 11) is 1.59. The summed E-state index contributed by atoms with van der Waals surface area (Å²) in [5, 5.41) is 7.78. The first-order chi connectivity index (χ1) is 13.1. The van der Waals surface area contributed by atoms with E-state index in [0.29, 0.717) is 16.6 Å². The van der Waals surface area contributed by atoms with Crippen molar-refractivity contribution in [3.05, 3.63) is 51.9 Å². The maximum Gasteiger partial charge on any atom is 0.288 e. The average molecular weight is 387 g/mol. The van der Waals surface area contributed by atoms with E-state index in [9.17, 15) is 9.59 Å². The van der Waals surface area contributed by atoms with E-state index in [1.807, 2.05) is 43.0 Å². The predicted molar refractivity (Wildman–Crippen MR) is 105 cm³/mol. The Hall–Kier alpha value is -2.94. The van der Waals surface area contributed by atoms with Crippen molar-refractivity contribution in [2.24, 2.45) is 0 Å². The number of methoxy groups -OCH3 is 1. The van der Waals surface area contributed by atoms with E-state index in [1.54, 1.807) is 7.11 Å². The molecule has 1 aromatic carbocycles. The standard InChI is InChI=1S/C18H21N5O3S/c1-4-22(5-2)18-21-23-16(25)14(11-20-17(23)27-18)15(24)19-10-12-6-8-13(26-3)9-7-12/h6-9,11H,4-5,10H2,1-3H3,(H,19,24). The third-order valence-electron chi connectivity index (χ3n) is 4.17. The quantitative estimate of drug-likeness (QED) is 0.666. The number of nitrogens with zero attached hydrogens (tertiary/aromatic N) is 4. The highest BCUT2D eigenvalue weighted by Gasteiger charge is 2.17. The summed E-state index contributed by atoms with van der Waals surface area (Å²) in [5.41, 5.74) is 0.398. The molecule has 0 spiro atoms. The van der Waals surface area contributed by atoms with Crippen LogP contribution in [0.15, 0.2) is 35.3 Å². The van der Waals surface area contributed by atoms with E-state index < -0.39 is 11.5 Å². The fraction of sp³-hybridized carbons (Fsp3) is 0.333. The minimum Gasteiger partial charge on any atom is -0.497 e. The minimum absolute atomic E-state index is 0.0302. The molecule has 1 N–H and O–H groups in total. The van der Waals surface area contributed by atoms with Crippen LogP contribution in [-0.2, 0) is 6.54 Å². The number of anilines is 1. The molecule has 0 fully saturated rings. The molecule has 0 radical (unpaired) electrons. The number of hydrogen-bond acceptors (Lipinski definition) is 7. The zero-order valence-corrected chi connectivity index (χ0v) is 16.2. The second kappa shape index (κ2) is 8.17. The van der Waals surface area contributed by atoms with E-state index in [4.69, 9.17) is 4.74 Å². The Labute approximate surface area is 160 Å². The van der Waals surface area contributed by atoms with Crippen LogP contribution in [0.3, 0.4) is 0 Å².